The summed E-state index contributed by atoms with van der Waals surface area (Å²) in [5.41, 5.74) is 2.81. The van der Waals surface area contributed by atoms with Crippen LogP contribution in [-0.4, -0.2) is 31.8 Å². The van der Waals surface area contributed by atoms with E-state index in [0.717, 1.165) is 27.9 Å². The van der Waals surface area contributed by atoms with Gasteiger partial charge in [-0.25, -0.2) is 4.98 Å². The van der Waals surface area contributed by atoms with Gasteiger partial charge in [0, 0.05) is 16.8 Å². The Labute approximate surface area is 170 Å². The van der Waals surface area contributed by atoms with Crippen molar-refractivity contribution in [3.8, 4) is 11.4 Å². The number of ether oxygens (including phenoxy) is 1. The Morgan fingerprint density at radius 1 is 1.11 bits per heavy atom. The smallest absolute Gasteiger partial charge is 0.214 e. The van der Waals surface area contributed by atoms with Crippen molar-refractivity contribution in [2.45, 2.75) is 17.8 Å². The van der Waals surface area contributed by atoms with E-state index in [-0.39, 0.29) is 0 Å². The summed E-state index contributed by atoms with van der Waals surface area (Å²) >= 11 is 3.11. The molecule has 7 nitrogen and oxygen atoms in total. The fourth-order valence-corrected chi connectivity index (χ4v) is 4.16. The highest BCUT2D eigenvalue weighted by Gasteiger charge is 2.14. The standard InChI is InChI=1S/C19H18N6OS2/c1-2-26-17-11-7-6-10-16(17)25-19(22-23-24-25)28-13-15-12-27-18(21-15)20-14-8-4-3-5-9-14/h3-12H,2,13H2,1H3,(H,20,21). The molecule has 4 aromatic rings. The Hall–Kier alpha value is -2.91. The van der Waals surface area contributed by atoms with Crippen molar-refractivity contribution >= 4 is 33.9 Å². The zero-order valence-electron chi connectivity index (χ0n) is 15.1. The van der Waals surface area contributed by atoms with E-state index < -0.39 is 0 Å². The average Bonchev–Trinajstić information content (AvgIpc) is 3.37. The van der Waals surface area contributed by atoms with Gasteiger partial charge in [-0.2, -0.15) is 4.68 Å². The third kappa shape index (κ3) is 4.32. The van der Waals surface area contributed by atoms with E-state index >= 15 is 0 Å². The first kappa shape index (κ1) is 18.5. The van der Waals surface area contributed by atoms with Crippen LogP contribution in [0.5, 0.6) is 5.75 Å². The predicted molar refractivity (Wildman–Crippen MR) is 112 cm³/mol. The number of rotatable bonds is 8. The summed E-state index contributed by atoms with van der Waals surface area (Å²) < 4.78 is 7.39. The molecule has 0 spiro atoms. The normalized spacial score (nSPS) is 10.8. The summed E-state index contributed by atoms with van der Waals surface area (Å²) in [7, 11) is 0. The molecule has 0 unspecified atom stereocenters. The molecule has 142 valence electrons. The van der Waals surface area contributed by atoms with Gasteiger partial charge in [-0.3, -0.25) is 0 Å². The van der Waals surface area contributed by atoms with Crippen LogP contribution >= 0.6 is 23.1 Å². The van der Waals surface area contributed by atoms with E-state index in [0.29, 0.717) is 17.5 Å². The molecule has 2 heterocycles. The number of aromatic nitrogens is 5. The van der Waals surface area contributed by atoms with E-state index in [2.05, 4.69) is 25.8 Å². The topological polar surface area (TPSA) is 77.8 Å². The number of para-hydroxylation sites is 3. The molecule has 0 bridgehead atoms. The summed E-state index contributed by atoms with van der Waals surface area (Å²) in [5.74, 6) is 1.42. The molecule has 28 heavy (non-hydrogen) atoms. The number of nitrogens with one attached hydrogen (secondary N) is 1. The molecule has 4 rings (SSSR count). The van der Waals surface area contributed by atoms with Crippen molar-refractivity contribution in [2.75, 3.05) is 11.9 Å². The molecule has 0 saturated heterocycles. The lowest BCUT2D eigenvalue weighted by molar-refractivity contribution is 0.337. The lowest BCUT2D eigenvalue weighted by atomic mass is 10.3. The van der Waals surface area contributed by atoms with Gasteiger partial charge in [-0.05, 0) is 41.6 Å². The lowest BCUT2D eigenvalue weighted by Crippen LogP contribution is -2.03. The third-order valence-electron chi connectivity index (χ3n) is 3.76. The summed E-state index contributed by atoms with van der Waals surface area (Å²) in [5, 5.41) is 19.0. The average molecular weight is 411 g/mol. The molecule has 2 aromatic heterocycles. The van der Waals surface area contributed by atoms with Gasteiger partial charge >= 0.3 is 0 Å². The molecule has 9 heteroatoms. The van der Waals surface area contributed by atoms with Gasteiger partial charge < -0.3 is 10.1 Å². The van der Waals surface area contributed by atoms with Crippen molar-refractivity contribution in [1.29, 1.82) is 0 Å². The van der Waals surface area contributed by atoms with Crippen LogP contribution in [0, 0.1) is 0 Å². The van der Waals surface area contributed by atoms with Crippen LogP contribution in [0.4, 0.5) is 10.8 Å². The number of hydrogen-bond donors (Lipinski definition) is 1. The van der Waals surface area contributed by atoms with E-state index in [9.17, 15) is 0 Å². The van der Waals surface area contributed by atoms with Crippen LogP contribution in [0.1, 0.15) is 12.6 Å². The first-order valence-corrected chi connectivity index (χ1v) is 10.6. The van der Waals surface area contributed by atoms with Crippen LogP contribution < -0.4 is 10.1 Å². The minimum absolute atomic E-state index is 0.581. The Balaban J connectivity index is 1.45. The van der Waals surface area contributed by atoms with Gasteiger partial charge in [0.25, 0.3) is 0 Å². The molecule has 0 amide bonds. The summed E-state index contributed by atoms with van der Waals surface area (Å²) in [6.07, 6.45) is 0. The second-order valence-electron chi connectivity index (χ2n) is 5.70. The van der Waals surface area contributed by atoms with Crippen molar-refractivity contribution in [2.24, 2.45) is 0 Å². The maximum Gasteiger partial charge on any atom is 0.214 e. The van der Waals surface area contributed by atoms with Crippen LogP contribution in [0.25, 0.3) is 5.69 Å². The van der Waals surface area contributed by atoms with Crippen LogP contribution in [-0.2, 0) is 5.75 Å². The Morgan fingerprint density at radius 3 is 2.79 bits per heavy atom. The molecular weight excluding hydrogens is 392 g/mol. The van der Waals surface area contributed by atoms with Crippen molar-refractivity contribution in [1.82, 2.24) is 25.2 Å². The van der Waals surface area contributed by atoms with Crippen molar-refractivity contribution in [3.05, 3.63) is 65.7 Å². The molecule has 0 fully saturated rings. The monoisotopic (exact) mass is 410 g/mol. The van der Waals surface area contributed by atoms with Crippen molar-refractivity contribution in [3.63, 3.8) is 0 Å². The van der Waals surface area contributed by atoms with E-state index in [4.69, 9.17) is 4.74 Å². The minimum Gasteiger partial charge on any atom is -0.492 e. The molecule has 0 saturated carbocycles. The molecule has 0 atom stereocenters. The Kier molecular flexibility index (Phi) is 5.83. The number of tetrazole rings is 1. The molecule has 0 aliphatic rings. The third-order valence-corrected chi connectivity index (χ3v) is 5.52. The number of hydrogen-bond acceptors (Lipinski definition) is 8. The number of thioether (sulfide) groups is 1. The second-order valence-corrected chi connectivity index (χ2v) is 7.50. The zero-order chi connectivity index (χ0) is 19.2. The molecule has 0 radical (unpaired) electrons. The van der Waals surface area contributed by atoms with Crippen LogP contribution in [0.15, 0.2) is 65.1 Å². The Bertz CT molecular complexity index is 1030. The highest BCUT2D eigenvalue weighted by atomic mass is 32.2. The van der Waals surface area contributed by atoms with E-state index in [1.807, 2.05) is 66.9 Å². The number of thiazole rings is 1. The number of anilines is 2. The first-order chi connectivity index (χ1) is 13.8. The summed E-state index contributed by atoms with van der Waals surface area (Å²) in [6, 6.07) is 17.7. The van der Waals surface area contributed by atoms with Gasteiger partial charge in [0.2, 0.25) is 5.16 Å². The Morgan fingerprint density at radius 2 is 1.93 bits per heavy atom. The van der Waals surface area contributed by atoms with E-state index in [1.165, 1.54) is 11.8 Å². The SMILES string of the molecule is CCOc1ccccc1-n1nnnc1SCc1csc(Nc2ccccc2)n1. The fourth-order valence-electron chi connectivity index (χ4n) is 2.54. The highest BCUT2D eigenvalue weighted by Crippen LogP contribution is 2.29. The summed E-state index contributed by atoms with van der Waals surface area (Å²) in [6.45, 7) is 2.53. The lowest BCUT2D eigenvalue weighted by Gasteiger charge is -2.10. The molecule has 0 aliphatic heterocycles. The van der Waals surface area contributed by atoms with Crippen LogP contribution in [0.2, 0.25) is 0 Å². The van der Waals surface area contributed by atoms with Gasteiger partial charge in [0.05, 0.1) is 12.3 Å². The molecule has 0 aliphatic carbocycles. The van der Waals surface area contributed by atoms with Gasteiger partial charge in [-0.15, -0.1) is 16.4 Å². The van der Waals surface area contributed by atoms with Gasteiger partial charge in [0.15, 0.2) is 5.13 Å². The molecule has 1 N–H and O–H groups in total. The summed E-state index contributed by atoms with van der Waals surface area (Å²) in [4.78, 5) is 4.64. The second kappa shape index (κ2) is 8.85. The maximum atomic E-state index is 5.69. The fraction of sp³-hybridized carbons (Fsp3) is 0.158. The quantitative estimate of drug-likeness (QED) is 0.427. The van der Waals surface area contributed by atoms with Crippen molar-refractivity contribution < 1.29 is 4.74 Å². The minimum atomic E-state index is 0.581. The predicted octanol–water partition coefficient (Wildman–Crippen LogP) is 4.55. The first-order valence-electron chi connectivity index (χ1n) is 8.73. The largest absolute Gasteiger partial charge is 0.492 e. The maximum absolute atomic E-state index is 5.69. The molecule has 2 aromatic carbocycles. The van der Waals surface area contributed by atoms with Gasteiger partial charge in [-0.1, -0.05) is 42.1 Å². The number of nitrogens with zero attached hydrogens (tertiary/aromatic N) is 5. The van der Waals surface area contributed by atoms with E-state index in [1.54, 1.807) is 16.0 Å². The highest BCUT2D eigenvalue weighted by molar-refractivity contribution is 7.98. The zero-order valence-corrected chi connectivity index (χ0v) is 16.8. The van der Waals surface area contributed by atoms with Gasteiger partial charge in [0.1, 0.15) is 11.4 Å². The molecular formula is C19H18N6OS2. The number of benzene rings is 2. The van der Waals surface area contributed by atoms with Crippen LogP contribution in [0.3, 0.4) is 0 Å².